The van der Waals surface area contributed by atoms with Gasteiger partial charge in [0.15, 0.2) is 0 Å². The van der Waals surface area contributed by atoms with Crippen molar-refractivity contribution in [2.24, 2.45) is 0 Å². The summed E-state index contributed by atoms with van der Waals surface area (Å²) in [6.45, 7) is 10.4. The standard InChI is InChI=1S/2C4H6O2.3C4H10O2/c2*1-3(2)4(5)6;3*5-3-1-2-4-6/h2*1H2,2H3,(H,5,6);3*5-6H,1-4H2. The Morgan fingerprint density at radius 3 is 0.633 bits per heavy atom. The first-order valence-electron chi connectivity index (χ1n) is 9.46. The largest absolute Gasteiger partial charge is 0.478 e. The minimum Gasteiger partial charge on any atom is -0.478 e. The Morgan fingerprint density at radius 1 is 0.500 bits per heavy atom. The maximum Gasteiger partial charge on any atom is 0.330 e. The third-order valence-corrected chi connectivity index (χ3v) is 2.43. The van der Waals surface area contributed by atoms with Gasteiger partial charge in [-0.05, 0) is 52.4 Å². The summed E-state index contributed by atoms with van der Waals surface area (Å²) in [7, 11) is 0. The Kier molecular flexibility index (Phi) is 48.9. The van der Waals surface area contributed by atoms with Crippen molar-refractivity contribution < 1.29 is 50.4 Å². The van der Waals surface area contributed by atoms with Gasteiger partial charge >= 0.3 is 11.9 Å². The van der Waals surface area contributed by atoms with E-state index in [0.29, 0.717) is 0 Å². The van der Waals surface area contributed by atoms with Crippen molar-refractivity contribution in [3.05, 3.63) is 24.3 Å². The van der Waals surface area contributed by atoms with Crippen LogP contribution in [0.25, 0.3) is 0 Å². The van der Waals surface area contributed by atoms with E-state index in [0.717, 1.165) is 38.5 Å². The second-order valence-corrected chi connectivity index (χ2v) is 5.63. The maximum atomic E-state index is 9.60. The number of carbonyl (C=O) groups is 2. The van der Waals surface area contributed by atoms with Crippen LogP contribution in [0.15, 0.2) is 24.3 Å². The average molecular weight is 443 g/mol. The minimum atomic E-state index is -0.935. The summed E-state index contributed by atoms with van der Waals surface area (Å²) in [4.78, 5) is 19.2. The number of carboxylic acids is 2. The average Bonchev–Trinajstić information content (AvgIpc) is 2.70. The third kappa shape index (κ3) is 72.0. The quantitative estimate of drug-likeness (QED) is 0.165. The number of rotatable bonds is 11. The molecule has 0 fully saturated rings. The number of aliphatic hydroxyl groups is 6. The topological polar surface area (TPSA) is 196 Å². The highest BCUT2D eigenvalue weighted by atomic mass is 16.4. The molecule has 0 amide bonds. The van der Waals surface area contributed by atoms with Crippen LogP contribution in [0, 0.1) is 0 Å². The molecule has 0 atom stereocenters. The van der Waals surface area contributed by atoms with E-state index in [1.165, 1.54) is 13.8 Å². The molecule has 0 aliphatic heterocycles. The van der Waals surface area contributed by atoms with Crippen molar-refractivity contribution in [1.82, 2.24) is 0 Å². The molecule has 8 N–H and O–H groups in total. The molecule has 0 heterocycles. The molecule has 0 aromatic rings. The predicted molar refractivity (Wildman–Crippen MR) is 115 cm³/mol. The maximum absolute atomic E-state index is 9.60. The molecule has 0 spiro atoms. The summed E-state index contributed by atoms with van der Waals surface area (Å²) in [6, 6.07) is 0. The lowest BCUT2D eigenvalue weighted by atomic mass is 10.3. The van der Waals surface area contributed by atoms with E-state index in [2.05, 4.69) is 13.2 Å². The molecule has 182 valence electrons. The third-order valence-electron chi connectivity index (χ3n) is 2.43. The van der Waals surface area contributed by atoms with Gasteiger partial charge in [0.05, 0.1) is 0 Å². The number of hydrogen-bond donors (Lipinski definition) is 8. The summed E-state index contributed by atoms with van der Waals surface area (Å²) in [5.74, 6) is -1.87. The molecule has 0 saturated carbocycles. The van der Waals surface area contributed by atoms with Crippen LogP contribution in [0.5, 0.6) is 0 Å². The van der Waals surface area contributed by atoms with E-state index in [-0.39, 0.29) is 50.8 Å². The van der Waals surface area contributed by atoms with Gasteiger partial charge in [0.1, 0.15) is 0 Å². The Balaban J connectivity index is -0.0000000868. The van der Waals surface area contributed by atoms with Crippen molar-refractivity contribution in [3.8, 4) is 0 Å². The lowest BCUT2D eigenvalue weighted by Crippen LogP contribution is -1.92. The van der Waals surface area contributed by atoms with Crippen LogP contribution in [-0.2, 0) is 9.59 Å². The molecular weight excluding hydrogens is 400 g/mol. The Hall–Kier alpha value is -1.82. The summed E-state index contributed by atoms with van der Waals surface area (Å²) >= 11 is 0. The minimum absolute atomic E-state index is 0.176. The van der Waals surface area contributed by atoms with Gasteiger partial charge in [-0.1, -0.05) is 13.2 Å². The fourth-order valence-electron chi connectivity index (χ4n) is 0.671. The molecule has 0 saturated heterocycles. The first-order chi connectivity index (χ1) is 14.0. The first kappa shape index (κ1) is 38.7. The molecule has 0 unspecified atom stereocenters. The molecule has 0 bridgehead atoms. The van der Waals surface area contributed by atoms with Crippen LogP contribution in [0.4, 0.5) is 0 Å². The Labute approximate surface area is 179 Å². The molecule has 10 nitrogen and oxygen atoms in total. The van der Waals surface area contributed by atoms with E-state index in [1.807, 2.05) is 0 Å². The number of hydrogen-bond acceptors (Lipinski definition) is 8. The number of carboxylic acid groups (broad SMARTS) is 2. The van der Waals surface area contributed by atoms with Crippen molar-refractivity contribution in [2.75, 3.05) is 39.6 Å². The highest BCUT2D eigenvalue weighted by molar-refractivity contribution is 5.85. The van der Waals surface area contributed by atoms with Gasteiger partial charge < -0.3 is 40.9 Å². The molecule has 0 aromatic carbocycles. The Morgan fingerprint density at radius 2 is 0.600 bits per heavy atom. The normalized spacial score (nSPS) is 8.40. The number of unbranched alkanes of at least 4 members (excludes halogenated alkanes) is 3. The van der Waals surface area contributed by atoms with Crippen molar-refractivity contribution in [2.45, 2.75) is 52.4 Å². The Bertz CT molecular complexity index is 305. The van der Waals surface area contributed by atoms with E-state index >= 15 is 0 Å². The first-order valence-corrected chi connectivity index (χ1v) is 9.46. The molecule has 10 heteroatoms. The van der Waals surface area contributed by atoms with Gasteiger partial charge in [0.25, 0.3) is 0 Å². The van der Waals surface area contributed by atoms with Crippen LogP contribution in [-0.4, -0.2) is 92.4 Å². The van der Waals surface area contributed by atoms with Crippen LogP contribution in [0.2, 0.25) is 0 Å². The number of aliphatic hydroxyl groups excluding tert-OH is 6. The summed E-state index contributed by atoms with van der Waals surface area (Å²) in [5, 5.41) is 64.3. The predicted octanol–water partition coefficient (Wildman–Crippen LogP) is 0.548. The van der Waals surface area contributed by atoms with Gasteiger partial charge in [-0.3, -0.25) is 0 Å². The van der Waals surface area contributed by atoms with Crippen LogP contribution in [0.3, 0.4) is 0 Å². The van der Waals surface area contributed by atoms with Crippen molar-refractivity contribution in [1.29, 1.82) is 0 Å². The highest BCUT2D eigenvalue weighted by Crippen LogP contribution is 1.82. The van der Waals surface area contributed by atoms with E-state index in [4.69, 9.17) is 40.9 Å². The molecule has 0 radical (unpaired) electrons. The van der Waals surface area contributed by atoms with E-state index < -0.39 is 11.9 Å². The fraction of sp³-hybridized carbons (Fsp3) is 0.700. The molecule has 0 rings (SSSR count). The van der Waals surface area contributed by atoms with Gasteiger partial charge in [-0.15, -0.1) is 0 Å². The van der Waals surface area contributed by atoms with Crippen LogP contribution in [0.1, 0.15) is 52.4 Å². The van der Waals surface area contributed by atoms with E-state index in [9.17, 15) is 9.59 Å². The van der Waals surface area contributed by atoms with Crippen molar-refractivity contribution >= 4 is 11.9 Å². The molecule has 0 aromatic heterocycles. The summed E-state index contributed by atoms with van der Waals surface area (Å²) in [6.07, 6.45) is 4.31. The number of aliphatic carboxylic acids is 2. The summed E-state index contributed by atoms with van der Waals surface area (Å²) in [5.41, 5.74) is 0.352. The van der Waals surface area contributed by atoms with Crippen molar-refractivity contribution in [3.63, 3.8) is 0 Å². The summed E-state index contributed by atoms with van der Waals surface area (Å²) < 4.78 is 0. The van der Waals surface area contributed by atoms with Crippen LogP contribution < -0.4 is 0 Å². The molecule has 0 aliphatic rings. The SMILES string of the molecule is C=C(C)C(=O)O.C=C(C)C(=O)O.OCCCCO.OCCCCO.OCCCCO. The molecule has 0 aliphatic carbocycles. The van der Waals surface area contributed by atoms with E-state index in [1.54, 1.807) is 0 Å². The van der Waals surface area contributed by atoms with Crippen LogP contribution >= 0.6 is 0 Å². The van der Waals surface area contributed by atoms with Gasteiger partial charge in [-0.25, -0.2) is 9.59 Å². The van der Waals surface area contributed by atoms with Gasteiger partial charge in [0, 0.05) is 50.8 Å². The highest BCUT2D eigenvalue weighted by Gasteiger charge is 1.90. The fourth-order valence-corrected chi connectivity index (χ4v) is 0.671. The monoisotopic (exact) mass is 442 g/mol. The zero-order chi connectivity index (χ0) is 24.8. The zero-order valence-electron chi connectivity index (χ0n) is 18.3. The molecule has 30 heavy (non-hydrogen) atoms. The lowest BCUT2D eigenvalue weighted by Gasteiger charge is -1.85. The zero-order valence-corrected chi connectivity index (χ0v) is 18.3. The van der Waals surface area contributed by atoms with Gasteiger partial charge in [-0.2, -0.15) is 0 Å². The smallest absolute Gasteiger partial charge is 0.330 e. The molecular formula is C20H42O10. The van der Waals surface area contributed by atoms with Gasteiger partial charge in [0.2, 0.25) is 0 Å². The second kappa shape index (κ2) is 37.9. The lowest BCUT2D eigenvalue weighted by molar-refractivity contribution is -0.133. The second-order valence-electron chi connectivity index (χ2n) is 5.63.